The van der Waals surface area contributed by atoms with Crippen LogP contribution in [-0.4, -0.2) is 41.5 Å². The van der Waals surface area contributed by atoms with Crippen LogP contribution in [0.4, 0.5) is 0 Å². The van der Waals surface area contributed by atoms with E-state index in [1.54, 1.807) is 0 Å². The lowest BCUT2D eigenvalue weighted by molar-refractivity contribution is -0.137. The van der Waals surface area contributed by atoms with Crippen LogP contribution in [0.3, 0.4) is 0 Å². The maximum absolute atomic E-state index is 10.7. The van der Waals surface area contributed by atoms with Crippen molar-refractivity contribution in [2.45, 2.75) is 6.54 Å². The number of H-pyrrole nitrogens is 1. The smallest absolute Gasteiger partial charge is 0.325 e. The van der Waals surface area contributed by atoms with Gasteiger partial charge in [0.25, 0.3) is 0 Å². The van der Waals surface area contributed by atoms with E-state index in [-0.39, 0.29) is 6.54 Å². The van der Waals surface area contributed by atoms with Gasteiger partial charge < -0.3 is 5.11 Å². The van der Waals surface area contributed by atoms with E-state index in [0.29, 0.717) is 11.5 Å². The van der Waals surface area contributed by atoms with Gasteiger partial charge in [-0.1, -0.05) is 18.2 Å². The molecular formula is C10H8N6O2. The van der Waals surface area contributed by atoms with Crippen LogP contribution < -0.4 is 0 Å². The zero-order valence-corrected chi connectivity index (χ0v) is 9.11. The van der Waals surface area contributed by atoms with Gasteiger partial charge in [0.05, 0.1) is 5.52 Å². The number of hydrogen-bond acceptors (Lipinski definition) is 5. The van der Waals surface area contributed by atoms with E-state index < -0.39 is 5.97 Å². The summed E-state index contributed by atoms with van der Waals surface area (Å²) in [7, 11) is 0. The number of aromatic amines is 1. The monoisotopic (exact) mass is 244 g/mol. The van der Waals surface area contributed by atoms with Gasteiger partial charge in [0, 0.05) is 5.39 Å². The largest absolute Gasteiger partial charge is 0.480 e. The lowest BCUT2D eigenvalue weighted by Gasteiger charge is -1.98. The van der Waals surface area contributed by atoms with Crippen LogP contribution in [0.1, 0.15) is 0 Å². The number of carboxylic acids is 1. The predicted molar refractivity (Wildman–Crippen MR) is 60.5 cm³/mol. The summed E-state index contributed by atoms with van der Waals surface area (Å²) >= 11 is 0. The lowest BCUT2D eigenvalue weighted by Crippen LogP contribution is -2.11. The summed E-state index contributed by atoms with van der Waals surface area (Å²) in [5.74, 6) is -0.682. The van der Waals surface area contributed by atoms with Crippen molar-refractivity contribution in [1.82, 2.24) is 30.4 Å². The number of nitrogens with one attached hydrogen (secondary N) is 1. The van der Waals surface area contributed by atoms with Crippen molar-refractivity contribution in [3.63, 3.8) is 0 Å². The minimum Gasteiger partial charge on any atom is -0.480 e. The van der Waals surface area contributed by atoms with Crippen molar-refractivity contribution in [3.05, 3.63) is 24.3 Å². The van der Waals surface area contributed by atoms with Crippen LogP contribution in [-0.2, 0) is 11.3 Å². The average molecular weight is 244 g/mol. The summed E-state index contributed by atoms with van der Waals surface area (Å²) in [6.45, 7) is -0.302. The van der Waals surface area contributed by atoms with E-state index >= 15 is 0 Å². The van der Waals surface area contributed by atoms with Gasteiger partial charge in [0.2, 0.25) is 5.82 Å². The number of carboxylic acid groups (broad SMARTS) is 1. The van der Waals surface area contributed by atoms with Gasteiger partial charge in [-0.2, -0.15) is 5.10 Å². The van der Waals surface area contributed by atoms with Gasteiger partial charge in [0.15, 0.2) is 0 Å². The quantitative estimate of drug-likeness (QED) is 0.685. The summed E-state index contributed by atoms with van der Waals surface area (Å²) in [5, 5.41) is 27.5. The summed E-state index contributed by atoms with van der Waals surface area (Å²) in [6, 6.07) is 7.49. The molecule has 0 spiro atoms. The molecule has 0 fully saturated rings. The van der Waals surface area contributed by atoms with E-state index in [2.05, 4.69) is 25.7 Å². The number of hydrogen-bond donors (Lipinski definition) is 2. The average Bonchev–Trinajstić information content (AvgIpc) is 2.94. The van der Waals surface area contributed by atoms with Crippen LogP contribution in [0.5, 0.6) is 0 Å². The highest BCUT2D eigenvalue weighted by atomic mass is 16.4. The first kappa shape index (κ1) is 10.4. The van der Waals surface area contributed by atoms with E-state index in [9.17, 15) is 4.79 Å². The molecule has 0 unspecified atom stereocenters. The molecule has 0 saturated carbocycles. The molecular weight excluding hydrogens is 236 g/mol. The SMILES string of the molecule is O=C(O)Cn1nnnc1-c1n[nH]c2ccccc12. The minimum atomic E-state index is -1.01. The molecule has 3 aromatic rings. The van der Waals surface area contributed by atoms with E-state index in [1.807, 2.05) is 24.3 Å². The summed E-state index contributed by atoms with van der Waals surface area (Å²) < 4.78 is 1.20. The summed E-state index contributed by atoms with van der Waals surface area (Å²) in [6.07, 6.45) is 0. The molecule has 0 aliphatic heterocycles. The predicted octanol–water partition coefficient (Wildman–Crippen LogP) is 0.301. The molecule has 0 bridgehead atoms. The molecule has 0 atom stereocenters. The lowest BCUT2D eigenvalue weighted by atomic mass is 10.2. The van der Waals surface area contributed by atoms with Crippen molar-refractivity contribution >= 4 is 16.9 Å². The van der Waals surface area contributed by atoms with Gasteiger partial charge in [-0.15, -0.1) is 5.10 Å². The molecule has 0 aliphatic rings. The molecule has 18 heavy (non-hydrogen) atoms. The molecule has 8 heteroatoms. The van der Waals surface area contributed by atoms with Crippen LogP contribution in [0.2, 0.25) is 0 Å². The Hall–Kier alpha value is -2.77. The minimum absolute atomic E-state index is 0.302. The highest BCUT2D eigenvalue weighted by Crippen LogP contribution is 2.23. The maximum Gasteiger partial charge on any atom is 0.325 e. The number of aromatic nitrogens is 6. The topological polar surface area (TPSA) is 110 Å². The Kier molecular flexibility index (Phi) is 2.26. The van der Waals surface area contributed by atoms with Crippen molar-refractivity contribution in [3.8, 4) is 11.5 Å². The molecule has 1 aromatic carbocycles. The second kappa shape index (κ2) is 3.91. The first-order valence-corrected chi connectivity index (χ1v) is 5.17. The number of nitrogens with zero attached hydrogens (tertiary/aromatic N) is 5. The molecule has 2 N–H and O–H groups in total. The molecule has 2 aromatic heterocycles. The van der Waals surface area contributed by atoms with Crippen molar-refractivity contribution < 1.29 is 9.90 Å². The van der Waals surface area contributed by atoms with Crippen molar-refractivity contribution in [2.75, 3.05) is 0 Å². The second-order valence-electron chi connectivity index (χ2n) is 3.67. The molecule has 8 nitrogen and oxygen atoms in total. The van der Waals surface area contributed by atoms with Gasteiger partial charge in [-0.05, 0) is 16.5 Å². The second-order valence-corrected chi connectivity index (χ2v) is 3.67. The third-order valence-corrected chi connectivity index (χ3v) is 2.50. The van der Waals surface area contributed by atoms with Crippen LogP contribution in [0.15, 0.2) is 24.3 Å². The summed E-state index contributed by atoms with van der Waals surface area (Å²) in [4.78, 5) is 10.7. The highest BCUT2D eigenvalue weighted by Gasteiger charge is 2.16. The number of tetrazole rings is 1. The van der Waals surface area contributed by atoms with E-state index in [4.69, 9.17) is 5.11 Å². The number of rotatable bonds is 3. The standard InChI is InChI=1S/C10H8N6O2/c17-8(18)5-16-10(13-14-15-16)9-6-3-1-2-4-7(6)11-12-9/h1-4H,5H2,(H,11,12)(H,17,18). The van der Waals surface area contributed by atoms with Gasteiger partial charge in [-0.3, -0.25) is 9.89 Å². The zero-order chi connectivity index (χ0) is 12.5. The van der Waals surface area contributed by atoms with Crippen molar-refractivity contribution in [2.24, 2.45) is 0 Å². The number of para-hydroxylation sites is 1. The fourth-order valence-corrected chi connectivity index (χ4v) is 1.74. The Bertz CT molecular complexity index is 716. The first-order chi connectivity index (χ1) is 8.75. The normalized spacial score (nSPS) is 10.9. The Morgan fingerprint density at radius 2 is 2.22 bits per heavy atom. The molecule has 3 rings (SSSR count). The summed E-state index contributed by atoms with van der Waals surface area (Å²) in [5.41, 5.74) is 1.38. The zero-order valence-electron chi connectivity index (χ0n) is 9.11. The molecule has 0 aliphatic carbocycles. The van der Waals surface area contributed by atoms with Crippen molar-refractivity contribution in [1.29, 1.82) is 0 Å². The molecule has 0 amide bonds. The molecule has 0 radical (unpaired) electrons. The van der Waals surface area contributed by atoms with Crippen LogP contribution in [0, 0.1) is 0 Å². The van der Waals surface area contributed by atoms with Gasteiger partial charge in [0.1, 0.15) is 12.2 Å². The number of carbonyl (C=O) groups is 1. The number of benzene rings is 1. The van der Waals surface area contributed by atoms with Gasteiger partial charge in [-0.25, -0.2) is 4.68 Å². The van der Waals surface area contributed by atoms with Gasteiger partial charge >= 0.3 is 5.97 Å². The fourth-order valence-electron chi connectivity index (χ4n) is 1.74. The number of fused-ring (bicyclic) bond motifs is 1. The van der Waals surface area contributed by atoms with E-state index in [0.717, 1.165) is 10.9 Å². The molecule has 90 valence electrons. The first-order valence-electron chi connectivity index (χ1n) is 5.17. The molecule has 0 saturated heterocycles. The van der Waals surface area contributed by atoms with E-state index in [1.165, 1.54) is 4.68 Å². The van der Waals surface area contributed by atoms with Crippen LogP contribution in [0.25, 0.3) is 22.4 Å². The maximum atomic E-state index is 10.7. The Balaban J connectivity index is 2.15. The highest BCUT2D eigenvalue weighted by molar-refractivity contribution is 5.91. The Morgan fingerprint density at radius 3 is 3.06 bits per heavy atom. The number of aliphatic carboxylic acids is 1. The Labute approximate surface area is 100 Å². The fraction of sp³-hybridized carbons (Fsp3) is 0.100. The third-order valence-electron chi connectivity index (χ3n) is 2.50. The third kappa shape index (κ3) is 1.59. The molecule has 2 heterocycles. The Morgan fingerprint density at radius 1 is 1.39 bits per heavy atom. The van der Waals surface area contributed by atoms with Crippen LogP contribution >= 0.6 is 0 Å².